The average molecular weight is 338 g/mol. The zero-order valence-electron chi connectivity index (χ0n) is 12.5. The van der Waals surface area contributed by atoms with Crippen LogP contribution in [0.1, 0.15) is 6.92 Å². The molecule has 0 fully saturated rings. The molecule has 2 N–H and O–H groups in total. The highest BCUT2D eigenvalue weighted by Gasteiger charge is 2.17. The monoisotopic (exact) mass is 338 g/mol. The van der Waals surface area contributed by atoms with Crippen LogP contribution in [0.4, 0.5) is 0 Å². The summed E-state index contributed by atoms with van der Waals surface area (Å²) >= 11 is 0. The number of aliphatic hydroxyl groups is 1. The Hall–Kier alpha value is -2.09. The van der Waals surface area contributed by atoms with E-state index in [-0.39, 0.29) is 22.1 Å². The third-order valence-electron chi connectivity index (χ3n) is 3.02. The predicted octanol–water partition coefficient (Wildman–Crippen LogP) is 1.96. The van der Waals surface area contributed by atoms with E-state index in [9.17, 15) is 18.6 Å². The van der Waals surface area contributed by atoms with Crippen molar-refractivity contribution < 1.29 is 28.1 Å². The number of ether oxygens (including phenoxy) is 2. The molecule has 0 aliphatic carbocycles. The molecule has 0 amide bonds. The number of benzene rings is 2. The van der Waals surface area contributed by atoms with Crippen molar-refractivity contribution in [1.29, 1.82) is 0 Å². The maximum absolute atomic E-state index is 12.4. The molecule has 0 aliphatic rings. The third-order valence-corrected chi connectivity index (χ3v) is 4.80. The van der Waals surface area contributed by atoms with Gasteiger partial charge in [0.1, 0.15) is 18.1 Å². The second kappa shape index (κ2) is 7.45. The third kappa shape index (κ3) is 4.44. The number of aliphatic hydroxyl groups excluding tert-OH is 1. The van der Waals surface area contributed by atoms with Gasteiger partial charge in [-0.1, -0.05) is 0 Å². The Morgan fingerprint density at radius 3 is 2.04 bits per heavy atom. The van der Waals surface area contributed by atoms with Gasteiger partial charge >= 0.3 is 0 Å². The van der Waals surface area contributed by atoms with E-state index in [0.717, 1.165) is 0 Å². The Labute approximate surface area is 134 Å². The van der Waals surface area contributed by atoms with Gasteiger partial charge in [0.15, 0.2) is 0 Å². The second-order valence-corrected chi connectivity index (χ2v) is 6.65. The maximum atomic E-state index is 12.4. The van der Waals surface area contributed by atoms with E-state index in [1.54, 1.807) is 6.92 Å². The van der Waals surface area contributed by atoms with Gasteiger partial charge in [-0.15, -0.1) is 0 Å². The summed E-state index contributed by atoms with van der Waals surface area (Å²) in [6.07, 6.45) is -1.12. The summed E-state index contributed by atoms with van der Waals surface area (Å²) in [5, 5.41) is 18.8. The smallest absolute Gasteiger partial charge is 0.221 e. The normalized spacial score (nSPS) is 12.8. The van der Waals surface area contributed by atoms with Crippen LogP contribution >= 0.6 is 0 Å². The zero-order valence-corrected chi connectivity index (χ0v) is 13.4. The van der Waals surface area contributed by atoms with Crippen LogP contribution in [0, 0.1) is 0 Å². The van der Waals surface area contributed by atoms with E-state index in [4.69, 9.17) is 9.47 Å². The molecule has 2 aromatic carbocycles. The van der Waals surface area contributed by atoms with Crippen molar-refractivity contribution in [3.05, 3.63) is 48.5 Å². The lowest BCUT2D eigenvalue weighted by Crippen LogP contribution is -2.22. The SMILES string of the molecule is CCOCC(O)Oc1ccc(S(=O)(=O)c2ccc(O)cc2)cc1. The van der Waals surface area contributed by atoms with Crippen LogP contribution in [-0.4, -0.2) is 38.1 Å². The zero-order chi connectivity index (χ0) is 16.9. The summed E-state index contributed by atoms with van der Waals surface area (Å²) in [7, 11) is -3.67. The van der Waals surface area contributed by atoms with Crippen LogP contribution in [0.3, 0.4) is 0 Å². The van der Waals surface area contributed by atoms with Gasteiger partial charge in [-0.25, -0.2) is 8.42 Å². The summed E-state index contributed by atoms with van der Waals surface area (Å²) in [6, 6.07) is 11.0. The molecule has 0 radical (unpaired) electrons. The van der Waals surface area contributed by atoms with Crippen molar-refractivity contribution >= 4 is 9.84 Å². The van der Waals surface area contributed by atoms with Gasteiger partial charge in [0.2, 0.25) is 16.1 Å². The molecular weight excluding hydrogens is 320 g/mol. The number of aromatic hydroxyl groups is 1. The minimum atomic E-state index is -3.67. The molecule has 7 heteroatoms. The van der Waals surface area contributed by atoms with Crippen molar-refractivity contribution in [2.75, 3.05) is 13.2 Å². The van der Waals surface area contributed by atoms with E-state index < -0.39 is 16.1 Å². The highest BCUT2D eigenvalue weighted by atomic mass is 32.2. The average Bonchev–Trinajstić information content (AvgIpc) is 2.54. The van der Waals surface area contributed by atoms with Crippen LogP contribution in [-0.2, 0) is 14.6 Å². The van der Waals surface area contributed by atoms with Gasteiger partial charge in [-0.05, 0) is 55.5 Å². The Balaban J connectivity index is 2.14. The molecule has 0 saturated carbocycles. The number of rotatable bonds is 7. The number of hydrogen-bond donors (Lipinski definition) is 2. The van der Waals surface area contributed by atoms with Crippen molar-refractivity contribution in [1.82, 2.24) is 0 Å². The lowest BCUT2D eigenvalue weighted by atomic mass is 10.3. The molecule has 0 aliphatic heterocycles. The quantitative estimate of drug-likeness (QED) is 0.750. The minimum absolute atomic E-state index is 0.00372. The molecule has 124 valence electrons. The first-order valence-electron chi connectivity index (χ1n) is 7.00. The molecule has 0 saturated heterocycles. The molecule has 23 heavy (non-hydrogen) atoms. The van der Waals surface area contributed by atoms with Crippen LogP contribution in [0.5, 0.6) is 11.5 Å². The van der Waals surface area contributed by atoms with Gasteiger partial charge < -0.3 is 19.7 Å². The van der Waals surface area contributed by atoms with Gasteiger partial charge in [-0.3, -0.25) is 0 Å². The molecular formula is C16H18O6S. The fourth-order valence-corrected chi connectivity index (χ4v) is 3.13. The molecule has 1 atom stereocenters. The number of sulfone groups is 1. The van der Waals surface area contributed by atoms with Gasteiger partial charge in [0.05, 0.1) is 9.79 Å². The standard InChI is InChI=1S/C16H18O6S/c1-2-21-11-16(18)22-13-5-9-15(10-6-13)23(19,20)14-7-3-12(17)4-8-14/h3-10,16-18H,2,11H2,1H3. The highest BCUT2D eigenvalue weighted by molar-refractivity contribution is 7.91. The maximum Gasteiger partial charge on any atom is 0.221 e. The fraction of sp³-hybridized carbons (Fsp3) is 0.250. The van der Waals surface area contributed by atoms with Crippen molar-refractivity contribution in [2.24, 2.45) is 0 Å². The fourth-order valence-electron chi connectivity index (χ4n) is 1.87. The topological polar surface area (TPSA) is 93.1 Å². The Morgan fingerprint density at radius 1 is 1.00 bits per heavy atom. The molecule has 2 rings (SSSR count). The second-order valence-electron chi connectivity index (χ2n) is 4.70. The summed E-state index contributed by atoms with van der Waals surface area (Å²) in [5.41, 5.74) is 0. The van der Waals surface area contributed by atoms with Gasteiger partial charge in [0.25, 0.3) is 0 Å². The Bertz CT molecular complexity index is 722. The first kappa shape index (κ1) is 17.3. The van der Waals surface area contributed by atoms with Crippen molar-refractivity contribution in [2.45, 2.75) is 23.0 Å². The van der Waals surface area contributed by atoms with E-state index in [1.165, 1.54) is 48.5 Å². The summed E-state index contributed by atoms with van der Waals surface area (Å²) in [4.78, 5) is 0.176. The lowest BCUT2D eigenvalue weighted by molar-refractivity contribution is -0.0749. The van der Waals surface area contributed by atoms with Crippen molar-refractivity contribution in [3.8, 4) is 11.5 Å². The Morgan fingerprint density at radius 2 is 1.52 bits per heavy atom. The van der Waals surface area contributed by atoms with Crippen molar-refractivity contribution in [3.63, 3.8) is 0 Å². The van der Waals surface area contributed by atoms with Gasteiger partial charge in [-0.2, -0.15) is 0 Å². The molecule has 2 aromatic rings. The minimum Gasteiger partial charge on any atom is -0.508 e. The van der Waals surface area contributed by atoms with Crippen LogP contribution in [0.25, 0.3) is 0 Å². The molecule has 0 heterocycles. The Kier molecular flexibility index (Phi) is 5.59. The first-order valence-corrected chi connectivity index (χ1v) is 8.48. The summed E-state index contributed by atoms with van der Waals surface area (Å²) in [6.45, 7) is 2.30. The van der Waals surface area contributed by atoms with E-state index in [0.29, 0.717) is 12.4 Å². The number of phenolic OH excluding ortho intramolecular Hbond substituents is 1. The van der Waals surface area contributed by atoms with Crippen LogP contribution in [0.15, 0.2) is 58.3 Å². The molecule has 0 aromatic heterocycles. The molecule has 0 bridgehead atoms. The summed E-state index contributed by atoms with van der Waals surface area (Å²) < 4.78 is 35.1. The number of phenols is 1. The number of hydrogen-bond acceptors (Lipinski definition) is 6. The lowest BCUT2D eigenvalue weighted by Gasteiger charge is -2.13. The largest absolute Gasteiger partial charge is 0.508 e. The predicted molar refractivity (Wildman–Crippen MR) is 83.1 cm³/mol. The van der Waals surface area contributed by atoms with E-state index in [2.05, 4.69) is 0 Å². The van der Waals surface area contributed by atoms with Crippen LogP contribution < -0.4 is 4.74 Å². The van der Waals surface area contributed by atoms with Gasteiger partial charge in [0, 0.05) is 6.61 Å². The molecule has 0 spiro atoms. The first-order chi connectivity index (χ1) is 10.9. The van der Waals surface area contributed by atoms with E-state index >= 15 is 0 Å². The molecule has 6 nitrogen and oxygen atoms in total. The molecule has 1 unspecified atom stereocenters. The highest BCUT2D eigenvalue weighted by Crippen LogP contribution is 2.24. The van der Waals surface area contributed by atoms with Crippen LogP contribution in [0.2, 0.25) is 0 Å². The summed E-state index contributed by atoms with van der Waals surface area (Å²) in [5.74, 6) is 0.331. The van der Waals surface area contributed by atoms with E-state index in [1.807, 2.05) is 0 Å².